The van der Waals surface area contributed by atoms with Crippen LogP contribution in [0.1, 0.15) is 18.9 Å². The Morgan fingerprint density at radius 2 is 2.00 bits per heavy atom. The normalized spacial score (nSPS) is 12.5. The fourth-order valence-corrected chi connectivity index (χ4v) is 4.27. The van der Waals surface area contributed by atoms with Crippen LogP contribution in [0.2, 0.25) is 5.02 Å². The molecular weight excluding hydrogens is 368 g/mol. The minimum absolute atomic E-state index is 0.165. The molecule has 0 spiro atoms. The number of halogens is 1. The van der Waals surface area contributed by atoms with Crippen molar-refractivity contribution in [2.24, 2.45) is 0 Å². The van der Waals surface area contributed by atoms with E-state index in [0.29, 0.717) is 26.1 Å². The second-order valence-corrected chi connectivity index (χ2v) is 7.49. The maximum Gasteiger partial charge on any atom is 0.307 e. The van der Waals surface area contributed by atoms with Crippen LogP contribution in [0.4, 0.5) is 11.4 Å². The van der Waals surface area contributed by atoms with Crippen molar-refractivity contribution < 1.29 is 9.53 Å². The summed E-state index contributed by atoms with van der Waals surface area (Å²) < 4.78 is 6.31. The zero-order valence-corrected chi connectivity index (χ0v) is 16.0. The molecule has 0 bridgehead atoms. The van der Waals surface area contributed by atoms with Gasteiger partial charge in [-0.3, -0.25) is 9.80 Å². The molecule has 0 amide bonds. The van der Waals surface area contributed by atoms with E-state index < -0.39 is 0 Å². The molecule has 2 aromatic carbocycles. The fourth-order valence-electron chi connectivity index (χ4n) is 3.17. The number of nitrogens with zero attached hydrogens (tertiary/aromatic N) is 2. The van der Waals surface area contributed by atoms with E-state index in [1.54, 1.807) is 11.3 Å². The number of anilines is 2. The summed E-state index contributed by atoms with van der Waals surface area (Å²) in [7, 11) is 0. The highest BCUT2D eigenvalue weighted by atomic mass is 35.5. The van der Waals surface area contributed by atoms with Crippen LogP contribution in [-0.2, 0) is 16.1 Å². The van der Waals surface area contributed by atoms with Crippen molar-refractivity contribution >= 4 is 50.4 Å². The standard InChI is InChI=1S/C20H19ClN2O2S/c1-2-25-20(24)9-10-22(23-17-5-3-4-6-18(17)23)12-14-13-26-19-8-7-15(21)11-16(14)19/h3-8,11,13H,2,9-10,12H2,1H3. The minimum Gasteiger partial charge on any atom is -0.466 e. The molecular formula is C20H19ClN2O2S. The Morgan fingerprint density at radius 1 is 1.23 bits per heavy atom. The number of carbonyl (C=O) groups excluding carboxylic acids is 1. The molecule has 0 radical (unpaired) electrons. The Bertz CT molecular complexity index is 933. The van der Waals surface area contributed by atoms with Gasteiger partial charge >= 0.3 is 5.97 Å². The van der Waals surface area contributed by atoms with E-state index in [-0.39, 0.29) is 5.97 Å². The lowest BCUT2D eigenvalue weighted by atomic mass is 10.2. The number of fused-ring (bicyclic) bond motifs is 2. The first-order chi connectivity index (χ1) is 12.7. The summed E-state index contributed by atoms with van der Waals surface area (Å²) in [6.07, 6.45) is 0.362. The molecule has 134 valence electrons. The highest BCUT2D eigenvalue weighted by molar-refractivity contribution is 7.17. The van der Waals surface area contributed by atoms with Crippen LogP contribution in [0, 0.1) is 0 Å². The Kier molecular flexibility index (Phi) is 4.85. The van der Waals surface area contributed by atoms with Crippen molar-refractivity contribution in [3.8, 4) is 0 Å². The van der Waals surface area contributed by atoms with Crippen molar-refractivity contribution in [2.45, 2.75) is 19.9 Å². The first kappa shape index (κ1) is 17.3. The average Bonchev–Trinajstić information content (AvgIpc) is 3.24. The van der Waals surface area contributed by atoms with Crippen LogP contribution < -0.4 is 5.01 Å². The average molecular weight is 387 g/mol. The number of thiophene rings is 1. The van der Waals surface area contributed by atoms with Gasteiger partial charge in [0.2, 0.25) is 0 Å². The third-order valence-electron chi connectivity index (χ3n) is 4.42. The molecule has 0 saturated carbocycles. The summed E-state index contributed by atoms with van der Waals surface area (Å²) in [5.41, 5.74) is 3.59. The number of hydrogen-bond acceptors (Lipinski definition) is 5. The fraction of sp³-hybridized carbons (Fsp3) is 0.250. The molecule has 0 aliphatic carbocycles. The van der Waals surface area contributed by atoms with E-state index in [4.69, 9.17) is 16.3 Å². The van der Waals surface area contributed by atoms with Gasteiger partial charge in [-0.15, -0.1) is 11.3 Å². The molecule has 1 aromatic heterocycles. The van der Waals surface area contributed by atoms with Crippen molar-refractivity contribution in [1.29, 1.82) is 0 Å². The molecule has 1 aliphatic heterocycles. The van der Waals surface area contributed by atoms with Gasteiger partial charge in [0, 0.05) is 22.8 Å². The molecule has 0 saturated heterocycles. The number of ether oxygens (including phenoxy) is 1. The number of esters is 1. The van der Waals surface area contributed by atoms with Crippen LogP contribution in [0.3, 0.4) is 0 Å². The highest BCUT2D eigenvalue weighted by Gasteiger charge is 2.34. The van der Waals surface area contributed by atoms with E-state index in [1.807, 2.05) is 31.2 Å². The molecule has 2 heterocycles. The van der Waals surface area contributed by atoms with Gasteiger partial charge in [-0.25, -0.2) is 5.01 Å². The summed E-state index contributed by atoms with van der Waals surface area (Å²) in [4.78, 5) is 11.8. The van der Waals surface area contributed by atoms with Crippen molar-refractivity contribution in [2.75, 3.05) is 18.2 Å². The van der Waals surface area contributed by atoms with Gasteiger partial charge < -0.3 is 4.74 Å². The van der Waals surface area contributed by atoms with Crippen LogP contribution in [-0.4, -0.2) is 24.1 Å². The van der Waals surface area contributed by atoms with Crippen LogP contribution in [0.25, 0.3) is 10.1 Å². The molecule has 0 atom stereocenters. The van der Waals surface area contributed by atoms with Gasteiger partial charge in [0.15, 0.2) is 0 Å². The summed E-state index contributed by atoms with van der Waals surface area (Å²) in [5, 5.41) is 8.46. The van der Waals surface area contributed by atoms with E-state index in [2.05, 4.69) is 33.6 Å². The summed E-state index contributed by atoms with van der Waals surface area (Å²) in [6, 6.07) is 14.2. The molecule has 3 aromatic rings. The smallest absolute Gasteiger partial charge is 0.307 e. The third-order valence-corrected chi connectivity index (χ3v) is 5.67. The third kappa shape index (κ3) is 3.43. The van der Waals surface area contributed by atoms with Gasteiger partial charge in [-0.1, -0.05) is 23.7 Å². The van der Waals surface area contributed by atoms with Crippen LogP contribution in [0.15, 0.2) is 47.8 Å². The predicted octanol–water partition coefficient (Wildman–Crippen LogP) is 5.38. The van der Waals surface area contributed by atoms with Gasteiger partial charge in [0.1, 0.15) is 0 Å². The van der Waals surface area contributed by atoms with E-state index in [0.717, 1.165) is 5.02 Å². The molecule has 6 heteroatoms. The Balaban J connectivity index is 1.56. The lowest BCUT2D eigenvalue weighted by Gasteiger charge is -2.24. The molecule has 0 fully saturated rings. The van der Waals surface area contributed by atoms with Crippen LogP contribution in [0.5, 0.6) is 0 Å². The number of hydrogen-bond donors (Lipinski definition) is 0. The lowest BCUT2D eigenvalue weighted by molar-refractivity contribution is -0.143. The van der Waals surface area contributed by atoms with Gasteiger partial charge in [0.25, 0.3) is 0 Å². The zero-order valence-electron chi connectivity index (χ0n) is 14.4. The second-order valence-electron chi connectivity index (χ2n) is 6.15. The highest BCUT2D eigenvalue weighted by Crippen LogP contribution is 2.49. The van der Waals surface area contributed by atoms with Crippen molar-refractivity contribution in [3.05, 3.63) is 58.4 Å². The molecule has 1 aliphatic rings. The van der Waals surface area contributed by atoms with Crippen molar-refractivity contribution in [1.82, 2.24) is 5.01 Å². The minimum atomic E-state index is -0.165. The Hall–Kier alpha value is -2.08. The zero-order chi connectivity index (χ0) is 18.1. The summed E-state index contributed by atoms with van der Waals surface area (Å²) in [6.45, 7) is 3.56. The summed E-state index contributed by atoms with van der Waals surface area (Å²) in [5.74, 6) is -0.165. The second kappa shape index (κ2) is 7.27. The van der Waals surface area contributed by atoms with Gasteiger partial charge in [0.05, 0.1) is 24.4 Å². The molecule has 4 rings (SSSR count). The van der Waals surface area contributed by atoms with Gasteiger partial charge in [-0.2, -0.15) is 0 Å². The van der Waals surface area contributed by atoms with Crippen molar-refractivity contribution in [3.63, 3.8) is 0 Å². The maximum atomic E-state index is 11.8. The Morgan fingerprint density at radius 3 is 2.73 bits per heavy atom. The maximum absolute atomic E-state index is 11.8. The van der Waals surface area contributed by atoms with Crippen LogP contribution >= 0.6 is 22.9 Å². The first-order valence-corrected chi connectivity index (χ1v) is 9.88. The molecule has 0 unspecified atom stereocenters. The topological polar surface area (TPSA) is 32.5 Å². The largest absolute Gasteiger partial charge is 0.466 e. The van der Waals surface area contributed by atoms with E-state index >= 15 is 0 Å². The first-order valence-electron chi connectivity index (χ1n) is 8.62. The number of rotatable bonds is 7. The number of hydrazine groups is 1. The molecule has 0 N–H and O–H groups in total. The number of benzene rings is 2. The van der Waals surface area contributed by atoms with E-state index in [1.165, 1.54) is 27.0 Å². The Labute approximate surface area is 161 Å². The van der Waals surface area contributed by atoms with Gasteiger partial charge in [-0.05, 0) is 53.6 Å². The predicted molar refractivity (Wildman–Crippen MR) is 107 cm³/mol. The number of carbonyl (C=O) groups is 1. The SMILES string of the molecule is CCOC(=O)CCN(Cc1csc2ccc(Cl)cc12)N1c2ccccc21. The number of para-hydroxylation sites is 2. The molecule has 4 nitrogen and oxygen atoms in total. The lowest BCUT2D eigenvalue weighted by Crippen LogP contribution is -2.33. The monoisotopic (exact) mass is 386 g/mol. The summed E-state index contributed by atoms with van der Waals surface area (Å²) >= 11 is 7.91. The quantitative estimate of drug-likeness (QED) is 0.403. The molecule has 26 heavy (non-hydrogen) atoms. The van der Waals surface area contributed by atoms with E-state index in [9.17, 15) is 4.79 Å².